The predicted molar refractivity (Wildman–Crippen MR) is 114 cm³/mol. The SMILES string of the molecule is COCCn1c(SCC(=O)Nc2ccc(F)cc2Cl)nc2cc(Cl)ccc2c1=O. The average Bonchev–Trinajstić information content (AvgIpc) is 2.68. The average molecular weight is 456 g/mol. The molecule has 0 fully saturated rings. The number of methoxy groups -OCH3 is 1. The Kier molecular flexibility index (Phi) is 7.13. The molecule has 0 bridgehead atoms. The Morgan fingerprint density at radius 2 is 2.07 bits per heavy atom. The highest BCUT2D eigenvalue weighted by atomic mass is 35.5. The van der Waals surface area contributed by atoms with Crippen LogP contribution in [-0.4, -0.2) is 34.9 Å². The van der Waals surface area contributed by atoms with E-state index in [2.05, 4.69) is 10.3 Å². The molecule has 10 heteroatoms. The molecule has 0 saturated carbocycles. The Bertz CT molecular complexity index is 1120. The molecule has 1 N–H and O–H groups in total. The standard InChI is InChI=1S/C19H16Cl2FN3O3S/c1-28-7-6-25-18(27)13-4-2-11(20)8-16(13)24-19(25)29-10-17(26)23-15-5-3-12(22)9-14(15)21/h2-5,8-9H,6-7,10H2,1H3,(H,23,26). The van der Waals surface area contributed by atoms with Crippen LogP contribution < -0.4 is 10.9 Å². The number of halogens is 3. The summed E-state index contributed by atoms with van der Waals surface area (Å²) in [4.78, 5) is 29.6. The highest BCUT2D eigenvalue weighted by Gasteiger charge is 2.14. The number of benzene rings is 2. The second-order valence-corrected chi connectivity index (χ2v) is 7.75. The lowest BCUT2D eigenvalue weighted by molar-refractivity contribution is -0.113. The van der Waals surface area contributed by atoms with Gasteiger partial charge in [-0.25, -0.2) is 9.37 Å². The maximum Gasteiger partial charge on any atom is 0.262 e. The van der Waals surface area contributed by atoms with Gasteiger partial charge >= 0.3 is 0 Å². The van der Waals surface area contributed by atoms with E-state index in [-0.39, 0.29) is 28.8 Å². The maximum absolute atomic E-state index is 13.1. The van der Waals surface area contributed by atoms with Crippen molar-refractivity contribution < 1.29 is 13.9 Å². The number of hydrogen-bond acceptors (Lipinski definition) is 5. The van der Waals surface area contributed by atoms with E-state index in [4.69, 9.17) is 27.9 Å². The number of anilines is 1. The van der Waals surface area contributed by atoms with Crippen LogP contribution in [0.25, 0.3) is 10.9 Å². The van der Waals surface area contributed by atoms with Gasteiger partial charge in [-0.3, -0.25) is 14.2 Å². The number of ether oxygens (including phenoxy) is 1. The van der Waals surface area contributed by atoms with Crippen molar-refractivity contribution in [3.05, 3.63) is 62.6 Å². The molecule has 0 atom stereocenters. The largest absolute Gasteiger partial charge is 0.383 e. The van der Waals surface area contributed by atoms with Crippen molar-refractivity contribution in [2.24, 2.45) is 0 Å². The number of carbonyl (C=O) groups excluding carboxylic acids is 1. The summed E-state index contributed by atoms with van der Waals surface area (Å²) in [6.07, 6.45) is 0. The van der Waals surface area contributed by atoms with Gasteiger partial charge in [0.2, 0.25) is 5.91 Å². The lowest BCUT2D eigenvalue weighted by Crippen LogP contribution is -2.26. The van der Waals surface area contributed by atoms with E-state index in [0.29, 0.717) is 33.4 Å². The van der Waals surface area contributed by atoms with Gasteiger partial charge in [0.05, 0.1) is 40.5 Å². The van der Waals surface area contributed by atoms with E-state index in [1.807, 2.05) is 0 Å². The second-order valence-electron chi connectivity index (χ2n) is 5.97. The first-order valence-corrected chi connectivity index (χ1v) is 10.2. The number of fused-ring (bicyclic) bond motifs is 1. The monoisotopic (exact) mass is 455 g/mol. The summed E-state index contributed by atoms with van der Waals surface area (Å²) in [6.45, 7) is 0.597. The van der Waals surface area contributed by atoms with Crippen molar-refractivity contribution in [2.75, 3.05) is 24.8 Å². The van der Waals surface area contributed by atoms with Crippen LogP contribution in [0.2, 0.25) is 10.0 Å². The van der Waals surface area contributed by atoms with E-state index >= 15 is 0 Å². The number of rotatable bonds is 7. The Morgan fingerprint density at radius 1 is 1.28 bits per heavy atom. The van der Waals surface area contributed by atoms with Gasteiger partial charge in [-0.2, -0.15) is 0 Å². The normalized spacial score (nSPS) is 11.0. The van der Waals surface area contributed by atoms with Gasteiger partial charge < -0.3 is 10.1 Å². The van der Waals surface area contributed by atoms with E-state index in [1.165, 1.54) is 23.8 Å². The first-order chi connectivity index (χ1) is 13.9. The Balaban J connectivity index is 1.83. The zero-order chi connectivity index (χ0) is 21.0. The molecule has 0 aliphatic rings. The van der Waals surface area contributed by atoms with Gasteiger partial charge in [-0.1, -0.05) is 35.0 Å². The van der Waals surface area contributed by atoms with Gasteiger partial charge in [0, 0.05) is 12.1 Å². The van der Waals surface area contributed by atoms with Gasteiger partial charge in [0.1, 0.15) is 5.82 Å². The number of nitrogens with one attached hydrogen (secondary N) is 1. The van der Waals surface area contributed by atoms with Crippen LogP contribution in [0.3, 0.4) is 0 Å². The fourth-order valence-electron chi connectivity index (χ4n) is 2.57. The van der Waals surface area contributed by atoms with Gasteiger partial charge in [0.15, 0.2) is 5.16 Å². The minimum Gasteiger partial charge on any atom is -0.383 e. The molecule has 0 unspecified atom stereocenters. The summed E-state index contributed by atoms with van der Waals surface area (Å²) in [5, 5.41) is 3.96. The van der Waals surface area contributed by atoms with Gasteiger partial charge in [-0.05, 0) is 36.4 Å². The van der Waals surface area contributed by atoms with Crippen LogP contribution in [0.15, 0.2) is 46.3 Å². The summed E-state index contributed by atoms with van der Waals surface area (Å²) in [7, 11) is 1.53. The summed E-state index contributed by atoms with van der Waals surface area (Å²) < 4.78 is 19.7. The fraction of sp³-hybridized carbons (Fsp3) is 0.211. The lowest BCUT2D eigenvalue weighted by atomic mass is 10.2. The predicted octanol–water partition coefficient (Wildman–Crippen LogP) is 4.22. The number of nitrogens with zero attached hydrogens (tertiary/aromatic N) is 2. The summed E-state index contributed by atoms with van der Waals surface area (Å²) >= 11 is 13.0. The third-order valence-electron chi connectivity index (χ3n) is 3.94. The smallest absolute Gasteiger partial charge is 0.262 e. The van der Waals surface area contributed by atoms with Crippen molar-refractivity contribution in [3.8, 4) is 0 Å². The lowest BCUT2D eigenvalue weighted by Gasteiger charge is -2.13. The Hall–Kier alpha value is -2.13. The molecule has 2 aromatic carbocycles. The van der Waals surface area contributed by atoms with Crippen LogP contribution in [0.1, 0.15) is 0 Å². The van der Waals surface area contributed by atoms with Crippen LogP contribution >= 0.6 is 35.0 Å². The number of aromatic nitrogens is 2. The molecule has 6 nitrogen and oxygen atoms in total. The van der Waals surface area contributed by atoms with Crippen LogP contribution in [0, 0.1) is 5.82 Å². The van der Waals surface area contributed by atoms with E-state index in [9.17, 15) is 14.0 Å². The maximum atomic E-state index is 13.1. The molecule has 3 aromatic rings. The van der Waals surface area contributed by atoms with Crippen LogP contribution in [0.4, 0.5) is 10.1 Å². The van der Waals surface area contributed by atoms with Crippen LogP contribution in [0.5, 0.6) is 0 Å². The topological polar surface area (TPSA) is 73.2 Å². The number of carbonyl (C=O) groups is 1. The molecule has 0 aliphatic carbocycles. The minimum atomic E-state index is -0.497. The van der Waals surface area contributed by atoms with E-state index in [0.717, 1.165) is 17.8 Å². The highest BCUT2D eigenvalue weighted by Crippen LogP contribution is 2.24. The van der Waals surface area contributed by atoms with Gasteiger partial charge in [-0.15, -0.1) is 0 Å². The Labute approximate surface area is 180 Å². The number of hydrogen-bond donors (Lipinski definition) is 1. The van der Waals surface area contributed by atoms with E-state index < -0.39 is 5.82 Å². The molecular weight excluding hydrogens is 440 g/mol. The molecule has 0 radical (unpaired) electrons. The zero-order valence-electron chi connectivity index (χ0n) is 15.2. The van der Waals surface area contributed by atoms with Crippen LogP contribution in [-0.2, 0) is 16.1 Å². The number of amides is 1. The number of thioether (sulfide) groups is 1. The molecule has 1 amide bonds. The fourth-order valence-corrected chi connectivity index (χ4v) is 3.78. The molecular formula is C19H16Cl2FN3O3S. The molecule has 29 heavy (non-hydrogen) atoms. The molecule has 1 heterocycles. The molecule has 0 aliphatic heterocycles. The Morgan fingerprint density at radius 3 is 2.79 bits per heavy atom. The van der Waals surface area contributed by atoms with E-state index in [1.54, 1.807) is 18.2 Å². The molecule has 0 spiro atoms. The molecule has 1 aromatic heterocycles. The van der Waals surface area contributed by atoms with Crippen molar-refractivity contribution in [1.82, 2.24) is 9.55 Å². The van der Waals surface area contributed by atoms with Crippen molar-refractivity contribution in [3.63, 3.8) is 0 Å². The summed E-state index contributed by atoms with van der Waals surface area (Å²) in [5.74, 6) is -0.898. The quantitative estimate of drug-likeness (QED) is 0.426. The van der Waals surface area contributed by atoms with Gasteiger partial charge in [0.25, 0.3) is 5.56 Å². The van der Waals surface area contributed by atoms with Crippen molar-refractivity contribution in [2.45, 2.75) is 11.7 Å². The third kappa shape index (κ3) is 5.27. The molecule has 3 rings (SSSR count). The minimum absolute atomic E-state index is 0.0286. The first-order valence-electron chi connectivity index (χ1n) is 8.46. The second kappa shape index (κ2) is 9.58. The zero-order valence-corrected chi connectivity index (χ0v) is 17.6. The summed E-state index contributed by atoms with van der Waals surface area (Å²) in [6, 6.07) is 8.54. The summed E-state index contributed by atoms with van der Waals surface area (Å²) in [5.41, 5.74) is 0.502. The highest BCUT2D eigenvalue weighted by molar-refractivity contribution is 7.99. The van der Waals surface area contributed by atoms with Crippen molar-refractivity contribution >= 4 is 57.5 Å². The molecule has 152 valence electrons. The molecule has 0 saturated heterocycles. The first kappa shape index (κ1) is 21.6. The van der Waals surface area contributed by atoms with Crippen molar-refractivity contribution in [1.29, 1.82) is 0 Å². The third-order valence-corrected chi connectivity index (χ3v) is 5.46.